The van der Waals surface area contributed by atoms with E-state index in [1.165, 1.54) is 54.7 Å². The molecule has 0 atom stereocenters. The fourth-order valence-corrected chi connectivity index (χ4v) is 7.36. The van der Waals surface area contributed by atoms with E-state index in [9.17, 15) is 0 Å². The number of benzene rings is 7. The van der Waals surface area contributed by atoms with Gasteiger partial charge >= 0.3 is 0 Å². The normalized spacial score (nSPS) is 12.0. The molecule has 7 aromatic carbocycles. The lowest BCUT2D eigenvalue weighted by Crippen LogP contribution is -1.97. The van der Waals surface area contributed by atoms with Crippen LogP contribution >= 0.6 is 0 Å². The molecule has 210 valence electrons. The van der Waals surface area contributed by atoms with Crippen LogP contribution in [0.15, 0.2) is 162 Å². The Hall–Kier alpha value is -6.06. The molecule has 3 aromatic heterocycles. The summed E-state index contributed by atoms with van der Waals surface area (Å²) in [7, 11) is 0. The van der Waals surface area contributed by atoms with E-state index in [-0.39, 0.29) is 0 Å². The quantitative estimate of drug-likeness (QED) is 0.206. The topological polar surface area (TPSA) is 23.0 Å². The predicted molar refractivity (Wildman–Crippen MR) is 188 cm³/mol. The molecular weight excluding hydrogens is 548 g/mol. The summed E-state index contributed by atoms with van der Waals surface area (Å²) in [5.74, 6) is 0. The van der Waals surface area contributed by atoms with Gasteiger partial charge in [-0.3, -0.25) is 0 Å². The molecule has 0 aliphatic rings. The molecule has 0 aliphatic heterocycles. The first-order valence-corrected chi connectivity index (χ1v) is 15.4. The lowest BCUT2D eigenvalue weighted by molar-refractivity contribution is 0.669. The van der Waals surface area contributed by atoms with E-state index in [4.69, 9.17) is 4.42 Å². The Morgan fingerprint density at radius 3 is 1.82 bits per heavy atom. The molecule has 0 spiro atoms. The predicted octanol–water partition coefficient (Wildman–Crippen LogP) is 11.4. The Morgan fingerprint density at radius 1 is 0.356 bits per heavy atom. The van der Waals surface area contributed by atoms with Crippen LogP contribution in [-0.4, -0.2) is 9.13 Å². The Morgan fingerprint density at radius 2 is 0.978 bits per heavy atom. The highest BCUT2D eigenvalue weighted by molar-refractivity contribution is 6.24. The van der Waals surface area contributed by atoms with Crippen LogP contribution < -0.4 is 0 Å². The van der Waals surface area contributed by atoms with Crippen LogP contribution in [-0.2, 0) is 0 Å². The highest BCUT2D eigenvalue weighted by Gasteiger charge is 2.20. The van der Waals surface area contributed by atoms with Crippen molar-refractivity contribution in [2.24, 2.45) is 0 Å². The van der Waals surface area contributed by atoms with Crippen LogP contribution in [0.2, 0.25) is 0 Å². The van der Waals surface area contributed by atoms with Crippen molar-refractivity contribution in [3.05, 3.63) is 158 Å². The minimum atomic E-state index is 0.903. The van der Waals surface area contributed by atoms with E-state index >= 15 is 0 Å². The molecule has 10 rings (SSSR count). The molecule has 0 aliphatic carbocycles. The fraction of sp³-hybridized carbons (Fsp3) is 0. The van der Waals surface area contributed by atoms with Gasteiger partial charge in [0.05, 0.1) is 27.5 Å². The minimum absolute atomic E-state index is 0.903. The molecule has 0 radical (unpaired) electrons. The van der Waals surface area contributed by atoms with Crippen LogP contribution in [0.1, 0.15) is 0 Å². The maximum Gasteiger partial charge on any atom is 0.137 e. The lowest BCUT2D eigenvalue weighted by Gasteiger charge is -2.13. The van der Waals surface area contributed by atoms with Crippen LogP contribution in [0.25, 0.3) is 88.1 Å². The second-order valence-corrected chi connectivity index (χ2v) is 11.8. The molecule has 3 nitrogen and oxygen atoms in total. The zero-order valence-corrected chi connectivity index (χ0v) is 24.3. The molecule has 0 fully saturated rings. The van der Waals surface area contributed by atoms with Gasteiger partial charge in [-0.1, -0.05) is 103 Å². The maximum absolute atomic E-state index is 6.36. The van der Waals surface area contributed by atoms with Crippen molar-refractivity contribution in [1.29, 1.82) is 0 Å². The van der Waals surface area contributed by atoms with Gasteiger partial charge in [-0.15, -0.1) is 0 Å². The summed E-state index contributed by atoms with van der Waals surface area (Å²) in [6, 6.07) is 56.5. The number of aromatic nitrogens is 2. The lowest BCUT2D eigenvalue weighted by atomic mass is 10.1. The Labute approximate surface area is 258 Å². The summed E-state index contributed by atoms with van der Waals surface area (Å²) >= 11 is 0. The largest absolute Gasteiger partial charge is 0.456 e. The monoisotopic (exact) mass is 574 g/mol. The molecule has 45 heavy (non-hydrogen) atoms. The number of furan rings is 1. The second-order valence-electron chi connectivity index (χ2n) is 11.8. The molecule has 0 unspecified atom stereocenters. The number of rotatable bonds is 3. The van der Waals surface area contributed by atoms with Crippen LogP contribution in [0.3, 0.4) is 0 Å². The van der Waals surface area contributed by atoms with Crippen molar-refractivity contribution in [2.75, 3.05) is 0 Å². The zero-order valence-electron chi connectivity index (χ0n) is 24.3. The van der Waals surface area contributed by atoms with Gasteiger partial charge < -0.3 is 13.6 Å². The highest BCUT2D eigenvalue weighted by Crippen LogP contribution is 2.42. The summed E-state index contributed by atoms with van der Waals surface area (Å²) < 4.78 is 11.2. The standard InChI is InChI=1S/C42H26N2O/c1-2-11-27(12-3-1)28-13-10-14-29(25-28)43-36-18-7-4-15-31(36)33-22-21-30(26-38(33)43)44-37-19-8-5-16-32(37)34-23-24-40-41(42(34)44)35-17-6-9-20-39(35)45-40/h1-26H. The van der Waals surface area contributed by atoms with Crippen molar-refractivity contribution in [3.63, 3.8) is 0 Å². The Bertz CT molecular complexity index is 2760. The first-order valence-electron chi connectivity index (χ1n) is 15.4. The molecule has 10 aromatic rings. The summed E-state index contributed by atoms with van der Waals surface area (Å²) in [6.45, 7) is 0. The van der Waals surface area contributed by atoms with Crippen molar-refractivity contribution < 1.29 is 4.42 Å². The van der Waals surface area contributed by atoms with Gasteiger partial charge in [-0.05, 0) is 65.7 Å². The molecule has 0 N–H and O–H groups in total. The van der Waals surface area contributed by atoms with Crippen molar-refractivity contribution in [1.82, 2.24) is 9.13 Å². The number of hydrogen-bond acceptors (Lipinski definition) is 1. The van der Waals surface area contributed by atoms with E-state index in [1.807, 2.05) is 6.07 Å². The minimum Gasteiger partial charge on any atom is -0.456 e. The summed E-state index contributed by atoms with van der Waals surface area (Å²) in [5.41, 5.74) is 11.2. The van der Waals surface area contributed by atoms with Gasteiger partial charge in [0.25, 0.3) is 0 Å². The summed E-state index contributed by atoms with van der Waals surface area (Å²) in [6.07, 6.45) is 0. The van der Waals surface area contributed by atoms with Crippen LogP contribution in [0.4, 0.5) is 0 Å². The average molecular weight is 575 g/mol. The van der Waals surface area contributed by atoms with E-state index in [1.54, 1.807) is 0 Å². The maximum atomic E-state index is 6.36. The van der Waals surface area contributed by atoms with E-state index in [0.29, 0.717) is 0 Å². The number of hydrogen-bond donors (Lipinski definition) is 0. The van der Waals surface area contributed by atoms with E-state index < -0.39 is 0 Å². The Kier molecular flexibility index (Phi) is 5.00. The third-order valence-electron chi connectivity index (χ3n) is 9.30. The molecule has 3 heteroatoms. The van der Waals surface area contributed by atoms with Gasteiger partial charge in [-0.25, -0.2) is 0 Å². The van der Waals surface area contributed by atoms with Crippen molar-refractivity contribution >= 4 is 65.6 Å². The summed E-state index contributed by atoms with van der Waals surface area (Å²) in [5, 5.41) is 7.22. The number of para-hydroxylation sites is 3. The number of fused-ring (bicyclic) bond motifs is 10. The Balaban J connectivity index is 1.31. The SMILES string of the molecule is c1ccc(-c2cccc(-n3c4ccccc4c4ccc(-n5c6ccccc6c6ccc7oc8ccccc8c7c65)cc43)c2)cc1. The van der Waals surface area contributed by atoms with Gasteiger partial charge in [-0.2, -0.15) is 0 Å². The first-order chi connectivity index (χ1) is 22.3. The van der Waals surface area contributed by atoms with Gasteiger partial charge in [0, 0.05) is 38.3 Å². The second kappa shape index (κ2) is 9.22. The van der Waals surface area contributed by atoms with Gasteiger partial charge in [0.2, 0.25) is 0 Å². The smallest absolute Gasteiger partial charge is 0.137 e. The van der Waals surface area contributed by atoms with Gasteiger partial charge in [0.1, 0.15) is 11.2 Å². The fourth-order valence-electron chi connectivity index (χ4n) is 7.36. The molecular formula is C42H26N2O. The third-order valence-corrected chi connectivity index (χ3v) is 9.30. The summed E-state index contributed by atoms with van der Waals surface area (Å²) in [4.78, 5) is 0. The molecule has 0 amide bonds. The van der Waals surface area contributed by atoms with E-state index in [2.05, 4.69) is 161 Å². The zero-order chi connectivity index (χ0) is 29.5. The van der Waals surface area contributed by atoms with Crippen molar-refractivity contribution in [3.8, 4) is 22.5 Å². The van der Waals surface area contributed by atoms with Crippen LogP contribution in [0, 0.1) is 0 Å². The highest BCUT2D eigenvalue weighted by atomic mass is 16.3. The molecule has 0 saturated carbocycles. The first kappa shape index (κ1) is 24.4. The average Bonchev–Trinajstić information content (AvgIpc) is 3.76. The van der Waals surface area contributed by atoms with Gasteiger partial charge in [0.15, 0.2) is 0 Å². The van der Waals surface area contributed by atoms with Crippen LogP contribution in [0.5, 0.6) is 0 Å². The molecule has 0 saturated heterocycles. The molecule has 3 heterocycles. The van der Waals surface area contributed by atoms with E-state index in [0.717, 1.165) is 33.3 Å². The third kappa shape index (κ3) is 3.46. The molecule has 0 bridgehead atoms. The number of nitrogens with zero attached hydrogens (tertiary/aromatic N) is 2. The van der Waals surface area contributed by atoms with Crippen molar-refractivity contribution in [2.45, 2.75) is 0 Å².